The Bertz CT molecular complexity index is 680. The molecule has 1 saturated heterocycles. The second-order valence-electron chi connectivity index (χ2n) is 6.29. The molecule has 0 aliphatic carbocycles. The van der Waals surface area contributed by atoms with Crippen LogP contribution in [0.3, 0.4) is 0 Å². The molecule has 20 heavy (non-hydrogen) atoms. The molecule has 1 N–H and O–H groups in total. The highest BCUT2D eigenvalue weighted by atomic mass is 79.9. The van der Waals surface area contributed by atoms with E-state index in [0.717, 1.165) is 21.3 Å². The Morgan fingerprint density at radius 1 is 1.35 bits per heavy atom. The van der Waals surface area contributed by atoms with Crippen LogP contribution in [0.4, 0.5) is 0 Å². The first kappa shape index (κ1) is 14.3. The van der Waals surface area contributed by atoms with E-state index in [0.29, 0.717) is 5.41 Å². The Balaban J connectivity index is 1.96. The van der Waals surface area contributed by atoms with E-state index in [1.54, 1.807) is 0 Å². The van der Waals surface area contributed by atoms with Gasteiger partial charge in [-0.05, 0) is 68.8 Å². The van der Waals surface area contributed by atoms with Crippen molar-refractivity contribution in [1.82, 2.24) is 14.5 Å². The quantitative estimate of drug-likeness (QED) is 0.818. The third-order valence-corrected chi connectivity index (χ3v) is 5.29. The van der Waals surface area contributed by atoms with Crippen LogP contribution in [-0.4, -0.2) is 34.6 Å². The van der Waals surface area contributed by atoms with E-state index in [1.165, 1.54) is 31.4 Å². The predicted octanol–water partition coefficient (Wildman–Crippen LogP) is 4.19. The second kappa shape index (κ2) is 5.28. The molecule has 0 radical (unpaired) electrons. The minimum atomic E-state index is 0.335. The van der Waals surface area contributed by atoms with Gasteiger partial charge in [-0.15, -0.1) is 0 Å². The molecule has 0 unspecified atom stereocenters. The molecule has 1 aliphatic heterocycles. The van der Waals surface area contributed by atoms with Gasteiger partial charge in [0.15, 0.2) is 4.77 Å². The molecule has 0 spiro atoms. The molecule has 5 heteroatoms. The molecule has 3 rings (SSSR count). The number of hydrogen-bond acceptors (Lipinski definition) is 2. The minimum Gasteiger partial charge on any atom is -0.331 e. The fourth-order valence-corrected chi connectivity index (χ4v) is 3.60. The summed E-state index contributed by atoms with van der Waals surface area (Å²) in [7, 11) is 2.20. The van der Waals surface area contributed by atoms with Crippen molar-refractivity contribution in [2.45, 2.75) is 26.3 Å². The summed E-state index contributed by atoms with van der Waals surface area (Å²) in [4.78, 5) is 5.73. The van der Waals surface area contributed by atoms with Crippen molar-refractivity contribution in [1.29, 1.82) is 0 Å². The van der Waals surface area contributed by atoms with Crippen LogP contribution in [0.15, 0.2) is 22.7 Å². The number of imidazole rings is 1. The zero-order valence-electron chi connectivity index (χ0n) is 11.9. The highest BCUT2D eigenvalue weighted by Gasteiger charge is 2.29. The van der Waals surface area contributed by atoms with Gasteiger partial charge in [-0.3, -0.25) is 0 Å². The maximum absolute atomic E-state index is 5.52. The fraction of sp³-hybridized carbons (Fsp3) is 0.533. The lowest BCUT2D eigenvalue weighted by molar-refractivity contribution is 0.121. The standard InChI is InChI=1S/C15H20BrN3S/c1-15(5-7-18(2)8-6-15)10-19-13-9-11(16)3-4-12(13)17-14(19)20/h3-4,9H,5-8,10H2,1-2H3,(H,17,20). The maximum atomic E-state index is 5.52. The number of aromatic amines is 1. The number of likely N-dealkylation sites (tertiary alicyclic amines) is 1. The summed E-state index contributed by atoms with van der Waals surface area (Å²) in [5.41, 5.74) is 2.65. The maximum Gasteiger partial charge on any atom is 0.178 e. The number of aromatic nitrogens is 2. The van der Waals surface area contributed by atoms with Crippen LogP contribution in [0.5, 0.6) is 0 Å². The monoisotopic (exact) mass is 353 g/mol. The van der Waals surface area contributed by atoms with E-state index in [-0.39, 0.29) is 0 Å². The Kier molecular flexibility index (Phi) is 3.77. The summed E-state index contributed by atoms with van der Waals surface area (Å²) >= 11 is 9.07. The van der Waals surface area contributed by atoms with Gasteiger partial charge in [-0.25, -0.2) is 0 Å². The molecule has 1 fully saturated rings. The Morgan fingerprint density at radius 2 is 2.05 bits per heavy atom. The molecule has 1 aromatic heterocycles. The van der Waals surface area contributed by atoms with Gasteiger partial charge >= 0.3 is 0 Å². The first-order valence-corrected chi connectivity index (χ1v) is 8.24. The lowest BCUT2D eigenvalue weighted by Crippen LogP contribution is -2.38. The van der Waals surface area contributed by atoms with E-state index in [9.17, 15) is 0 Å². The summed E-state index contributed by atoms with van der Waals surface area (Å²) in [5.74, 6) is 0. The van der Waals surface area contributed by atoms with Crippen LogP contribution < -0.4 is 0 Å². The lowest BCUT2D eigenvalue weighted by atomic mass is 9.80. The molecule has 108 valence electrons. The summed E-state index contributed by atoms with van der Waals surface area (Å²) in [6.45, 7) is 5.74. The summed E-state index contributed by atoms with van der Waals surface area (Å²) in [6.07, 6.45) is 2.46. The summed E-state index contributed by atoms with van der Waals surface area (Å²) < 4.78 is 4.19. The molecule has 2 aromatic rings. The van der Waals surface area contributed by atoms with Crippen molar-refractivity contribution in [3.8, 4) is 0 Å². The highest BCUT2D eigenvalue weighted by Crippen LogP contribution is 2.33. The van der Waals surface area contributed by atoms with Gasteiger partial charge in [-0.1, -0.05) is 22.9 Å². The zero-order chi connectivity index (χ0) is 14.3. The molecule has 3 nitrogen and oxygen atoms in total. The first-order valence-electron chi connectivity index (χ1n) is 7.03. The molecule has 2 heterocycles. The fourth-order valence-electron chi connectivity index (χ4n) is 2.98. The third kappa shape index (κ3) is 2.71. The largest absolute Gasteiger partial charge is 0.331 e. The van der Waals surface area contributed by atoms with Crippen molar-refractivity contribution in [3.05, 3.63) is 27.4 Å². The first-order chi connectivity index (χ1) is 9.47. The van der Waals surface area contributed by atoms with E-state index in [4.69, 9.17) is 12.2 Å². The highest BCUT2D eigenvalue weighted by molar-refractivity contribution is 9.10. The lowest BCUT2D eigenvalue weighted by Gasteiger charge is -2.38. The molecule has 1 aliphatic rings. The minimum absolute atomic E-state index is 0.335. The predicted molar refractivity (Wildman–Crippen MR) is 89.7 cm³/mol. The molecule has 1 aromatic carbocycles. The molecule has 0 atom stereocenters. The van der Waals surface area contributed by atoms with Gasteiger partial charge in [-0.2, -0.15) is 0 Å². The van der Waals surface area contributed by atoms with Crippen LogP contribution >= 0.6 is 28.1 Å². The van der Waals surface area contributed by atoms with Crippen molar-refractivity contribution >= 4 is 39.2 Å². The van der Waals surface area contributed by atoms with Gasteiger partial charge < -0.3 is 14.5 Å². The van der Waals surface area contributed by atoms with Gasteiger partial charge in [0.2, 0.25) is 0 Å². The number of hydrogen-bond donors (Lipinski definition) is 1. The van der Waals surface area contributed by atoms with E-state index in [1.807, 2.05) is 0 Å². The van der Waals surface area contributed by atoms with Gasteiger partial charge in [0, 0.05) is 11.0 Å². The Labute approximate surface area is 133 Å². The van der Waals surface area contributed by atoms with Crippen LogP contribution in [0.25, 0.3) is 11.0 Å². The molecule has 0 amide bonds. The number of H-pyrrole nitrogens is 1. The number of rotatable bonds is 2. The topological polar surface area (TPSA) is 24.0 Å². The van der Waals surface area contributed by atoms with Gasteiger partial charge in [0.1, 0.15) is 0 Å². The number of nitrogens with zero attached hydrogens (tertiary/aromatic N) is 2. The van der Waals surface area contributed by atoms with Crippen LogP contribution in [0, 0.1) is 10.2 Å². The normalized spacial score (nSPS) is 19.6. The second-order valence-corrected chi connectivity index (χ2v) is 7.59. The summed E-state index contributed by atoms with van der Waals surface area (Å²) in [6, 6.07) is 6.29. The smallest absolute Gasteiger partial charge is 0.178 e. The average molecular weight is 354 g/mol. The molecule has 0 saturated carbocycles. The summed E-state index contributed by atoms with van der Waals surface area (Å²) in [5, 5.41) is 0. The Morgan fingerprint density at radius 3 is 2.75 bits per heavy atom. The molecular weight excluding hydrogens is 334 g/mol. The zero-order valence-corrected chi connectivity index (χ0v) is 14.4. The van der Waals surface area contributed by atoms with Crippen molar-refractivity contribution in [2.24, 2.45) is 5.41 Å². The van der Waals surface area contributed by atoms with E-state index < -0.39 is 0 Å². The van der Waals surface area contributed by atoms with Crippen molar-refractivity contribution in [2.75, 3.05) is 20.1 Å². The van der Waals surface area contributed by atoms with E-state index in [2.05, 4.69) is 62.6 Å². The number of fused-ring (bicyclic) bond motifs is 1. The third-order valence-electron chi connectivity index (χ3n) is 4.47. The van der Waals surface area contributed by atoms with E-state index >= 15 is 0 Å². The van der Waals surface area contributed by atoms with Crippen LogP contribution in [-0.2, 0) is 6.54 Å². The average Bonchev–Trinajstić information content (AvgIpc) is 2.70. The number of halogens is 1. The Hall–Kier alpha value is -0.650. The SMILES string of the molecule is CN1CCC(C)(Cn2c(=S)[nH]c3ccc(Br)cc32)CC1. The number of benzene rings is 1. The van der Waals surface area contributed by atoms with Crippen LogP contribution in [0.1, 0.15) is 19.8 Å². The van der Waals surface area contributed by atoms with Gasteiger partial charge in [0.25, 0.3) is 0 Å². The van der Waals surface area contributed by atoms with Crippen LogP contribution in [0.2, 0.25) is 0 Å². The van der Waals surface area contributed by atoms with Crippen molar-refractivity contribution < 1.29 is 0 Å². The van der Waals surface area contributed by atoms with Crippen molar-refractivity contribution in [3.63, 3.8) is 0 Å². The van der Waals surface area contributed by atoms with Gasteiger partial charge in [0.05, 0.1) is 11.0 Å². The number of piperidine rings is 1. The number of nitrogens with one attached hydrogen (secondary N) is 1. The molecular formula is C15H20BrN3S. The molecule has 0 bridgehead atoms.